The number of hydrogen-bond acceptors (Lipinski definition) is 2. The third-order valence-electron chi connectivity index (χ3n) is 4.87. The summed E-state index contributed by atoms with van der Waals surface area (Å²) in [6.07, 6.45) is 9.55. The number of amides is 1. The Balaban J connectivity index is 1.57. The molecule has 19 heavy (non-hydrogen) atoms. The van der Waals surface area contributed by atoms with E-state index in [0.29, 0.717) is 12.3 Å². The van der Waals surface area contributed by atoms with Gasteiger partial charge in [0, 0.05) is 18.8 Å². The lowest BCUT2D eigenvalue weighted by Gasteiger charge is -2.26. The van der Waals surface area contributed by atoms with Crippen molar-refractivity contribution in [2.75, 3.05) is 0 Å². The monoisotopic (exact) mass is 261 g/mol. The smallest absolute Gasteiger partial charge is 0.221 e. The summed E-state index contributed by atoms with van der Waals surface area (Å²) in [5.74, 6) is 3.31. The van der Waals surface area contributed by atoms with Crippen molar-refractivity contribution in [1.82, 2.24) is 15.3 Å². The van der Waals surface area contributed by atoms with Crippen LogP contribution in [0.3, 0.4) is 0 Å². The van der Waals surface area contributed by atoms with E-state index in [1.807, 2.05) is 13.8 Å². The molecule has 2 fully saturated rings. The number of nitrogens with one attached hydrogen (secondary N) is 2. The Labute approximate surface area is 114 Å². The fourth-order valence-electron chi connectivity index (χ4n) is 3.93. The molecule has 2 bridgehead atoms. The van der Waals surface area contributed by atoms with E-state index in [0.717, 1.165) is 17.7 Å². The molecule has 2 N–H and O–H groups in total. The van der Waals surface area contributed by atoms with Crippen LogP contribution in [0.4, 0.5) is 0 Å². The first-order chi connectivity index (χ1) is 9.04. The standard InChI is InChI=1S/C15H23N3O/c1-15(2,14-16-5-6-17-14)18-13(19)9-12-8-10-3-4-11(12)7-10/h5-6,10-12H,3-4,7-9H2,1-2H3,(H,16,17)(H,18,19). The van der Waals surface area contributed by atoms with E-state index in [1.54, 1.807) is 12.4 Å². The molecule has 2 aliphatic carbocycles. The summed E-state index contributed by atoms with van der Waals surface area (Å²) in [7, 11) is 0. The second kappa shape index (κ2) is 4.66. The van der Waals surface area contributed by atoms with Crippen molar-refractivity contribution in [1.29, 1.82) is 0 Å². The fourth-order valence-corrected chi connectivity index (χ4v) is 3.93. The number of carbonyl (C=O) groups excluding carboxylic acids is 1. The molecule has 1 aromatic rings. The number of aromatic amines is 1. The van der Waals surface area contributed by atoms with Crippen LogP contribution in [-0.2, 0) is 10.3 Å². The van der Waals surface area contributed by atoms with Crippen molar-refractivity contribution < 1.29 is 4.79 Å². The lowest BCUT2D eigenvalue weighted by Crippen LogP contribution is -2.42. The predicted octanol–water partition coefficient (Wildman–Crippen LogP) is 2.59. The van der Waals surface area contributed by atoms with Crippen LogP contribution < -0.4 is 5.32 Å². The quantitative estimate of drug-likeness (QED) is 0.875. The predicted molar refractivity (Wildman–Crippen MR) is 73.3 cm³/mol. The van der Waals surface area contributed by atoms with E-state index in [2.05, 4.69) is 15.3 Å². The normalized spacial score (nSPS) is 29.7. The summed E-state index contributed by atoms with van der Waals surface area (Å²) in [5.41, 5.74) is -0.418. The van der Waals surface area contributed by atoms with E-state index in [9.17, 15) is 4.79 Å². The van der Waals surface area contributed by atoms with Gasteiger partial charge < -0.3 is 10.3 Å². The Kier molecular flexibility index (Phi) is 3.11. The van der Waals surface area contributed by atoms with Crippen molar-refractivity contribution in [3.8, 4) is 0 Å². The Morgan fingerprint density at radius 1 is 1.47 bits per heavy atom. The van der Waals surface area contributed by atoms with Crippen LogP contribution in [0, 0.1) is 17.8 Å². The molecule has 0 saturated heterocycles. The van der Waals surface area contributed by atoms with Crippen LogP contribution in [-0.4, -0.2) is 15.9 Å². The topological polar surface area (TPSA) is 57.8 Å². The fraction of sp³-hybridized carbons (Fsp3) is 0.733. The highest BCUT2D eigenvalue weighted by atomic mass is 16.1. The molecule has 3 atom stereocenters. The minimum atomic E-state index is -0.418. The zero-order chi connectivity index (χ0) is 13.5. The number of nitrogens with zero attached hydrogens (tertiary/aromatic N) is 1. The van der Waals surface area contributed by atoms with Gasteiger partial charge >= 0.3 is 0 Å². The molecule has 1 aromatic heterocycles. The van der Waals surface area contributed by atoms with Crippen LogP contribution in [0.5, 0.6) is 0 Å². The van der Waals surface area contributed by atoms with E-state index >= 15 is 0 Å². The van der Waals surface area contributed by atoms with E-state index in [1.165, 1.54) is 25.7 Å². The lowest BCUT2D eigenvalue weighted by atomic mass is 9.86. The molecule has 0 spiro atoms. The Hall–Kier alpha value is -1.32. The maximum atomic E-state index is 12.2. The van der Waals surface area contributed by atoms with Gasteiger partial charge in [-0.3, -0.25) is 4.79 Å². The second-order valence-electron chi connectivity index (χ2n) is 6.75. The largest absolute Gasteiger partial charge is 0.347 e. The molecule has 0 radical (unpaired) electrons. The molecule has 0 aliphatic heterocycles. The zero-order valence-electron chi connectivity index (χ0n) is 11.8. The molecule has 1 amide bonds. The Morgan fingerprint density at radius 3 is 2.89 bits per heavy atom. The Morgan fingerprint density at radius 2 is 2.32 bits per heavy atom. The van der Waals surface area contributed by atoms with Crippen LogP contribution in [0.25, 0.3) is 0 Å². The summed E-state index contributed by atoms with van der Waals surface area (Å²) in [4.78, 5) is 19.6. The number of aromatic nitrogens is 2. The highest BCUT2D eigenvalue weighted by molar-refractivity contribution is 5.77. The van der Waals surface area contributed by atoms with Crippen molar-refractivity contribution in [3.05, 3.63) is 18.2 Å². The van der Waals surface area contributed by atoms with E-state index in [-0.39, 0.29) is 5.91 Å². The highest BCUT2D eigenvalue weighted by Gasteiger charge is 2.40. The van der Waals surface area contributed by atoms with Crippen LogP contribution >= 0.6 is 0 Å². The number of rotatable bonds is 4. The summed E-state index contributed by atoms with van der Waals surface area (Å²) < 4.78 is 0. The first-order valence-corrected chi connectivity index (χ1v) is 7.35. The summed E-state index contributed by atoms with van der Waals surface area (Å²) in [6.45, 7) is 3.98. The summed E-state index contributed by atoms with van der Waals surface area (Å²) in [5, 5.41) is 3.11. The first kappa shape index (κ1) is 12.7. The SMILES string of the molecule is CC(C)(NC(=O)CC1CC2CCC1C2)c1ncc[nH]1. The minimum absolute atomic E-state index is 0.166. The van der Waals surface area contributed by atoms with Gasteiger partial charge in [-0.2, -0.15) is 0 Å². The first-order valence-electron chi connectivity index (χ1n) is 7.35. The van der Waals surface area contributed by atoms with Crippen molar-refractivity contribution in [3.63, 3.8) is 0 Å². The van der Waals surface area contributed by atoms with Gasteiger partial charge in [0.1, 0.15) is 5.82 Å². The number of fused-ring (bicyclic) bond motifs is 2. The highest BCUT2D eigenvalue weighted by Crippen LogP contribution is 2.49. The van der Waals surface area contributed by atoms with Crippen molar-refractivity contribution >= 4 is 5.91 Å². The number of carbonyl (C=O) groups is 1. The van der Waals surface area contributed by atoms with Gasteiger partial charge in [-0.05, 0) is 50.9 Å². The second-order valence-corrected chi connectivity index (χ2v) is 6.75. The van der Waals surface area contributed by atoms with Crippen molar-refractivity contribution in [2.45, 2.75) is 51.5 Å². The molecule has 104 valence electrons. The molecule has 3 rings (SSSR count). The number of hydrogen-bond donors (Lipinski definition) is 2. The molecule has 2 aliphatic rings. The molecule has 4 nitrogen and oxygen atoms in total. The van der Waals surface area contributed by atoms with Gasteiger partial charge in [-0.15, -0.1) is 0 Å². The maximum absolute atomic E-state index is 12.2. The molecule has 3 unspecified atom stereocenters. The third-order valence-corrected chi connectivity index (χ3v) is 4.87. The third kappa shape index (κ3) is 2.53. The molecule has 4 heteroatoms. The molecule has 1 heterocycles. The van der Waals surface area contributed by atoms with Gasteiger partial charge in [-0.25, -0.2) is 4.98 Å². The Bertz CT molecular complexity index is 452. The number of H-pyrrole nitrogens is 1. The average molecular weight is 261 g/mol. The average Bonchev–Trinajstić information content (AvgIpc) is 3.05. The van der Waals surface area contributed by atoms with Gasteiger partial charge in [-0.1, -0.05) is 6.42 Å². The maximum Gasteiger partial charge on any atom is 0.221 e. The van der Waals surface area contributed by atoms with Crippen LogP contribution in [0.1, 0.15) is 51.8 Å². The minimum Gasteiger partial charge on any atom is -0.347 e. The molecular formula is C15H23N3O. The summed E-state index contributed by atoms with van der Waals surface area (Å²) in [6, 6.07) is 0. The molecule has 2 saturated carbocycles. The van der Waals surface area contributed by atoms with Gasteiger partial charge in [0.05, 0.1) is 5.54 Å². The van der Waals surface area contributed by atoms with Crippen LogP contribution in [0.15, 0.2) is 12.4 Å². The van der Waals surface area contributed by atoms with Gasteiger partial charge in [0.15, 0.2) is 0 Å². The van der Waals surface area contributed by atoms with E-state index < -0.39 is 5.54 Å². The summed E-state index contributed by atoms with van der Waals surface area (Å²) >= 11 is 0. The van der Waals surface area contributed by atoms with Crippen molar-refractivity contribution in [2.24, 2.45) is 17.8 Å². The lowest BCUT2D eigenvalue weighted by molar-refractivity contribution is -0.124. The van der Waals surface area contributed by atoms with Crippen LogP contribution in [0.2, 0.25) is 0 Å². The van der Waals surface area contributed by atoms with Gasteiger partial charge in [0.2, 0.25) is 5.91 Å². The van der Waals surface area contributed by atoms with E-state index in [4.69, 9.17) is 0 Å². The molecule has 0 aromatic carbocycles. The number of imidazole rings is 1. The molecular weight excluding hydrogens is 238 g/mol. The van der Waals surface area contributed by atoms with Gasteiger partial charge in [0.25, 0.3) is 0 Å². The zero-order valence-corrected chi connectivity index (χ0v) is 11.8.